The molecular formula is C26H21NO5. The average Bonchev–Trinajstić information content (AvgIpc) is 2.86. The highest BCUT2D eigenvalue weighted by Gasteiger charge is 2.31. The number of nitrogens with zero attached hydrogens (tertiary/aromatic N) is 1. The Morgan fingerprint density at radius 2 is 1.53 bits per heavy atom. The van der Waals surface area contributed by atoms with Crippen LogP contribution in [0.25, 0.3) is 0 Å². The van der Waals surface area contributed by atoms with Gasteiger partial charge in [0.15, 0.2) is 11.6 Å². The summed E-state index contributed by atoms with van der Waals surface area (Å²) in [6, 6.07) is 21.0. The van der Waals surface area contributed by atoms with Crippen molar-refractivity contribution in [1.29, 1.82) is 0 Å². The highest BCUT2D eigenvalue weighted by molar-refractivity contribution is 6.28. The third-order valence-electron chi connectivity index (χ3n) is 5.78. The van der Waals surface area contributed by atoms with Crippen LogP contribution in [-0.2, 0) is 4.74 Å². The molecule has 0 N–H and O–H groups in total. The van der Waals surface area contributed by atoms with Crippen LogP contribution in [0.15, 0.2) is 72.8 Å². The number of morpholine rings is 1. The van der Waals surface area contributed by atoms with E-state index in [1.165, 1.54) is 0 Å². The van der Waals surface area contributed by atoms with E-state index in [-0.39, 0.29) is 29.1 Å². The van der Waals surface area contributed by atoms with Gasteiger partial charge in [-0.1, -0.05) is 42.5 Å². The molecule has 0 aromatic heterocycles. The number of fused-ring (bicyclic) bond motifs is 2. The Labute approximate surface area is 185 Å². The largest absolute Gasteiger partial charge is 0.491 e. The van der Waals surface area contributed by atoms with Gasteiger partial charge in [0, 0.05) is 34.4 Å². The maximum atomic E-state index is 13.2. The van der Waals surface area contributed by atoms with Crippen LogP contribution in [0.1, 0.15) is 42.2 Å². The second-order valence-electron chi connectivity index (χ2n) is 7.83. The molecule has 6 nitrogen and oxygen atoms in total. The summed E-state index contributed by atoms with van der Waals surface area (Å²) < 4.78 is 11.5. The van der Waals surface area contributed by atoms with Gasteiger partial charge in [0.1, 0.15) is 18.5 Å². The molecule has 5 rings (SSSR count). The summed E-state index contributed by atoms with van der Waals surface area (Å²) in [7, 11) is 0. The number of rotatable bonds is 4. The maximum Gasteiger partial charge on any atom is 0.254 e. The van der Waals surface area contributed by atoms with Gasteiger partial charge in [-0.05, 0) is 30.3 Å². The van der Waals surface area contributed by atoms with Gasteiger partial charge in [-0.2, -0.15) is 0 Å². The second kappa shape index (κ2) is 8.40. The normalized spacial score (nSPS) is 17.5. The molecule has 6 heteroatoms. The average molecular weight is 427 g/mol. The second-order valence-corrected chi connectivity index (χ2v) is 7.83. The van der Waals surface area contributed by atoms with Gasteiger partial charge in [-0.3, -0.25) is 14.4 Å². The zero-order chi connectivity index (χ0) is 22.1. The minimum atomic E-state index is -0.249. The van der Waals surface area contributed by atoms with E-state index in [1.807, 2.05) is 30.3 Å². The monoisotopic (exact) mass is 427 g/mol. The first-order valence-corrected chi connectivity index (χ1v) is 10.5. The number of benzene rings is 3. The molecule has 0 saturated carbocycles. The summed E-state index contributed by atoms with van der Waals surface area (Å²) >= 11 is 0. The molecule has 2 aliphatic rings. The number of amides is 1. The number of hydrogen-bond donors (Lipinski definition) is 0. The molecule has 1 aliphatic heterocycles. The third kappa shape index (κ3) is 3.69. The molecule has 3 aromatic rings. The molecule has 1 amide bonds. The van der Waals surface area contributed by atoms with E-state index in [9.17, 15) is 14.4 Å². The molecule has 160 valence electrons. The smallest absolute Gasteiger partial charge is 0.254 e. The van der Waals surface area contributed by atoms with E-state index >= 15 is 0 Å². The lowest BCUT2D eigenvalue weighted by Gasteiger charge is -2.33. The number of carbonyl (C=O) groups is 3. The summed E-state index contributed by atoms with van der Waals surface area (Å²) in [5.74, 6) is 0.122. The predicted molar refractivity (Wildman–Crippen MR) is 117 cm³/mol. The zero-order valence-electron chi connectivity index (χ0n) is 17.3. The number of ether oxygens (including phenoxy) is 2. The fourth-order valence-electron chi connectivity index (χ4n) is 4.13. The Bertz CT molecular complexity index is 1200. The van der Waals surface area contributed by atoms with Crippen molar-refractivity contribution in [3.05, 3.63) is 101 Å². The lowest BCUT2D eigenvalue weighted by atomic mass is 9.83. The first-order valence-electron chi connectivity index (χ1n) is 10.5. The number of carbonyl (C=O) groups excluding carboxylic acids is 3. The van der Waals surface area contributed by atoms with Crippen LogP contribution in [0.3, 0.4) is 0 Å². The molecular weight excluding hydrogens is 406 g/mol. The first kappa shape index (κ1) is 20.2. The summed E-state index contributed by atoms with van der Waals surface area (Å²) in [6.45, 7) is 1.58. The Hall–Kier alpha value is -3.77. The van der Waals surface area contributed by atoms with E-state index in [4.69, 9.17) is 9.47 Å². The Kier molecular flexibility index (Phi) is 5.29. The Balaban J connectivity index is 1.32. The Morgan fingerprint density at radius 1 is 0.875 bits per heavy atom. The van der Waals surface area contributed by atoms with Gasteiger partial charge >= 0.3 is 0 Å². The van der Waals surface area contributed by atoms with Crippen molar-refractivity contribution in [3.63, 3.8) is 0 Å². The molecule has 3 aromatic carbocycles. The van der Waals surface area contributed by atoms with Gasteiger partial charge in [-0.15, -0.1) is 0 Å². The van der Waals surface area contributed by atoms with Crippen molar-refractivity contribution in [2.45, 2.75) is 6.10 Å². The number of para-hydroxylation sites is 1. The quantitative estimate of drug-likeness (QED) is 0.499. The van der Waals surface area contributed by atoms with Crippen LogP contribution in [0.2, 0.25) is 0 Å². The first-order chi connectivity index (χ1) is 15.6. The summed E-state index contributed by atoms with van der Waals surface area (Å²) in [4.78, 5) is 40.6. The fraction of sp³-hybridized carbons (Fsp3) is 0.192. The highest BCUT2D eigenvalue weighted by Crippen LogP contribution is 2.28. The molecule has 0 unspecified atom stereocenters. The summed E-state index contributed by atoms with van der Waals surface area (Å²) in [5, 5.41) is 0. The number of hydrogen-bond acceptors (Lipinski definition) is 5. The van der Waals surface area contributed by atoms with Crippen molar-refractivity contribution >= 4 is 17.5 Å². The molecule has 1 aliphatic carbocycles. The highest BCUT2D eigenvalue weighted by atomic mass is 16.5. The minimum Gasteiger partial charge on any atom is -0.491 e. The van der Waals surface area contributed by atoms with Gasteiger partial charge in [-0.25, -0.2) is 0 Å². The van der Waals surface area contributed by atoms with Crippen LogP contribution in [0, 0.1) is 0 Å². The van der Waals surface area contributed by atoms with Gasteiger partial charge in [0.05, 0.1) is 13.2 Å². The molecule has 1 heterocycles. The van der Waals surface area contributed by atoms with E-state index in [1.54, 1.807) is 47.4 Å². The van der Waals surface area contributed by atoms with Crippen LogP contribution >= 0.6 is 0 Å². The lowest BCUT2D eigenvalue weighted by Crippen LogP contribution is -2.47. The van der Waals surface area contributed by atoms with E-state index in [2.05, 4.69) is 0 Å². The van der Waals surface area contributed by atoms with Crippen LogP contribution in [0.5, 0.6) is 5.75 Å². The number of ketones is 2. The summed E-state index contributed by atoms with van der Waals surface area (Å²) in [6.07, 6.45) is -0.249. The van der Waals surface area contributed by atoms with Crippen molar-refractivity contribution in [2.24, 2.45) is 0 Å². The van der Waals surface area contributed by atoms with Crippen LogP contribution in [0.4, 0.5) is 0 Å². The van der Waals surface area contributed by atoms with Crippen molar-refractivity contribution < 1.29 is 23.9 Å². The summed E-state index contributed by atoms with van der Waals surface area (Å²) in [5.41, 5.74) is 1.77. The van der Waals surface area contributed by atoms with Gasteiger partial charge < -0.3 is 14.4 Å². The van der Waals surface area contributed by atoms with Crippen molar-refractivity contribution in [1.82, 2.24) is 4.90 Å². The van der Waals surface area contributed by atoms with E-state index < -0.39 is 0 Å². The SMILES string of the molecule is O=C1c2ccccc2C(=O)c2cc(C(=O)N3CCO[C@@H](COc4ccccc4)C3)ccc21. The topological polar surface area (TPSA) is 72.9 Å². The van der Waals surface area contributed by atoms with Gasteiger partial charge in [0.25, 0.3) is 5.91 Å². The zero-order valence-corrected chi connectivity index (χ0v) is 17.3. The van der Waals surface area contributed by atoms with Crippen LogP contribution in [-0.4, -0.2) is 54.8 Å². The molecule has 32 heavy (non-hydrogen) atoms. The molecule has 0 spiro atoms. The predicted octanol–water partition coefficient (Wildman–Crippen LogP) is 3.38. The van der Waals surface area contributed by atoms with Gasteiger partial charge in [0.2, 0.25) is 0 Å². The molecule has 1 fully saturated rings. The van der Waals surface area contributed by atoms with Crippen molar-refractivity contribution in [3.8, 4) is 5.75 Å². The molecule has 0 bridgehead atoms. The van der Waals surface area contributed by atoms with E-state index in [0.29, 0.717) is 48.6 Å². The van der Waals surface area contributed by atoms with Crippen molar-refractivity contribution in [2.75, 3.05) is 26.3 Å². The van der Waals surface area contributed by atoms with E-state index in [0.717, 1.165) is 5.75 Å². The lowest BCUT2D eigenvalue weighted by molar-refractivity contribution is -0.0401. The minimum absolute atomic E-state index is 0.195. The Morgan fingerprint density at radius 3 is 2.28 bits per heavy atom. The third-order valence-corrected chi connectivity index (χ3v) is 5.78. The van der Waals surface area contributed by atoms with Crippen LogP contribution < -0.4 is 4.74 Å². The fourth-order valence-corrected chi connectivity index (χ4v) is 4.13. The molecule has 1 atom stereocenters. The standard InChI is InChI=1S/C26H21NO5/c28-24-20-8-4-5-9-21(20)25(29)23-14-17(10-11-22(23)24)26(30)27-12-13-31-19(15-27)16-32-18-6-2-1-3-7-18/h1-11,14,19H,12-13,15-16H2/t19-/m1/s1. The molecule has 1 saturated heterocycles. The molecule has 0 radical (unpaired) electrons. The maximum absolute atomic E-state index is 13.2.